The van der Waals surface area contributed by atoms with Crippen LogP contribution in [0, 0.1) is 12.8 Å². The number of hydrogen-bond acceptors (Lipinski definition) is 8. The average Bonchev–Trinajstić information content (AvgIpc) is 3.26. The Hall–Kier alpha value is -2.20. The van der Waals surface area contributed by atoms with Crippen LogP contribution in [-0.2, 0) is 6.54 Å². The minimum absolute atomic E-state index is 0.169. The number of anilines is 1. The lowest BCUT2D eigenvalue weighted by Crippen LogP contribution is -2.27. The number of aromatic nitrogens is 5. The number of thioether (sulfide) groups is 1. The van der Waals surface area contributed by atoms with Gasteiger partial charge in [0.05, 0.1) is 23.1 Å². The summed E-state index contributed by atoms with van der Waals surface area (Å²) in [4.78, 5) is 25.7. The van der Waals surface area contributed by atoms with Gasteiger partial charge in [0, 0.05) is 18.5 Å². The Bertz CT molecular complexity index is 951. The van der Waals surface area contributed by atoms with Gasteiger partial charge in [-0.3, -0.25) is 4.79 Å². The standard InChI is InChI=1S/C18H25N7OS2/c1-5-27-18-23-15(20-8-11(2)3)13-9-21-25(16(13)24-18)7-6-19-17(26)14-10-28-12(4)22-14/h9-11H,5-8H2,1-4H3,(H,19,26)(H,20,23,24). The summed E-state index contributed by atoms with van der Waals surface area (Å²) in [5.41, 5.74) is 1.23. The first-order valence-electron chi connectivity index (χ1n) is 9.28. The SMILES string of the molecule is CCSc1nc(NCC(C)C)c2cnn(CCNC(=O)c3csc(C)n3)c2n1. The van der Waals surface area contributed by atoms with Crippen LogP contribution < -0.4 is 10.6 Å². The van der Waals surface area contributed by atoms with Gasteiger partial charge < -0.3 is 10.6 Å². The minimum Gasteiger partial charge on any atom is -0.369 e. The Morgan fingerprint density at radius 3 is 2.82 bits per heavy atom. The van der Waals surface area contributed by atoms with Crippen LogP contribution in [0.4, 0.5) is 5.82 Å². The molecule has 28 heavy (non-hydrogen) atoms. The molecule has 3 rings (SSSR count). The molecule has 3 heterocycles. The van der Waals surface area contributed by atoms with E-state index in [1.54, 1.807) is 23.3 Å². The van der Waals surface area contributed by atoms with Crippen LogP contribution in [0.2, 0.25) is 0 Å². The molecule has 0 fully saturated rings. The second kappa shape index (κ2) is 9.33. The van der Waals surface area contributed by atoms with Crippen molar-refractivity contribution in [3.05, 3.63) is 22.3 Å². The zero-order valence-corrected chi connectivity index (χ0v) is 18.2. The Morgan fingerprint density at radius 1 is 1.32 bits per heavy atom. The number of rotatable bonds is 9. The molecule has 3 aromatic rings. The molecule has 10 heteroatoms. The van der Waals surface area contributed by atoms with E-state index < -0.39 is 0 Å². The number of thiazole rings is 1. The summed E-state index contributed by atoms with van der Waals surface area (Å²) in [6.45, 7) is 10.1. The van der Waals surface area contributed by atoms with Crippen molar-refractivity contribution in [2.24, 2.45) is 5.92 Å². The van der Waals surface area contributed by atoms with Crippen molar-refractivity contribution in [1.29, 1.82) is 0 Å². The van der Waals surface area contributed by atoms with E-state index in [1.165, 1.54) is 11.3 Å². The molecule has 150 valence electrons. The van der Waals surface area contributed by atoms with Crippen molar-refractivity contribution in [2.45, 2.75) is 39.4 Å². The second-order valence-electron chi connectivity index (χ2n) is 6.68. The highest BCUT2D eigenvalue weighted by molar-refractivity contribution is 7.99. The molecule has 0 saturated carbocycles. The first-order chi connectivity index (χ1) is 13.5. The quantitative estimate of drug-likeness (QED) is 0.406. The lowest BCUT2D eigenvalue weighted by Gasteiger charge is -2.11. The van der Waals surface area contributed by atoms with Gasteiger partial charge in [-0.1, -0.05) is 32.5 Å². The molecule has 8 nitrogen and oxygen atoms in total. The highest BCUT2D eigenvalue weighted by Gasteiger charge is 2.14. The first-order valence-corrected chi connectivity index (χ1v) is 11.1. The van der Waals surface area contributed by atoms with Crippen LogP contribution in [0.3, 0.4) is 0 Å². The molecular weight excluding hydrogens is 394 g/mol. The number of nitrogens with zero attached hydrogens (tertiary/aromatic N) is 5. The Balaban J connectivity index is 1.74. The Morgan fingerprint density at radius 2 is 2.14 bits per heavy atom. The summed E-state index contributed by atoms with van der Waals surface area (Å²) < 4.78 is 1.81. The van der Waals surface area contributed by atoms with Crippen molar-refractivity contribution in [3.63, 3.8) is 0 Å². The van der Waals surface area contributed by atoms with Crippen molar-refractivity contribution in [1.82, 2.24) is 30.0 Å². The number of nitrogens with one attached hydrogen (secondary N) is 2. The molecule has 2 N–H and O–H groups in total. The maximum Gasteiger partial charge on any atom is 0.270 e. The topological polar surface area (TPSA) is 97.6 Å². The molecule has 0 spiro atoms. The zero-order valence-electron chi connectivity index (χ0n) is 16.5. The van der Waals surface area contributed by atoms with Crippen molar-refractivity contribution >= 4 is 45.9 Å². The number of fused-ring (bicyclic) bond motifs is 1. The summed E-state index contributed by atoms with van der Waals surface area (Å²) >= 11 is 3.06. The molecule has 3 aromatic heterocycles. The van der Waals surface area contributed by atoms with Crippen molar-refractivity contribution in [2.75, 3.05) is 24.2 Å². The van der Waals surface area contributed by atoms with Gasteiger partial charge in [-0.2, -0.15) is 5.10 Å². The average molecular weight is 420 g/mol. The van der Waals surface area contributed by atoms with E-state index >= 15 is 0 Å². The molecule has 0 aliphatic heterocycles. The minimum atomic E-state index is -0.169. The summed E-state index contributed by atoms with van der Waals surface area (Å²) in [7, 11) is 0. The lowest BCUT2D eigenvalue weighted by molar-refractivity contribution is 0.0947. The number of aryl methyl sites for hydroxylation is 1. The molecule has 0 aliphatic rings. The summed E-state index contributed by atoms with van der Waals surface area (Å²) in [5.74, 6) is 2.04. The van der Waals surface area contributed by atoms with Crippen LogP contribution in [0.1, 0.15) is 36.3 Å². The Kier molecular flexibility index (Phi) is 6.84. The molecule has 0 aromatic carbocycles. The molecule has 0 bridgehead atoms. The molecule has 1 amide bonds. The van der Waals surface area contributed by atoms with E-state index in [0.29, 0.717) is 24.7 Å². The van der Waals surface area contributed by atoms with Gasteiger partial charge in [-0.15, -0.1) is 11.3 Å². The number of amides is 1. The molecule has 0 atom stereocenters. The maximum absolute atomic E-state index is 12.2. The number of hydrogen-bond donors (Lipinski definition) is 2. The predicted molar refractivity (Wildman–Crippen MR) is 114 cm³/mol. The van der Waals surface area contributed by atoms with Crippen LogP contribution in [0.15, 0.2) is 16.7 Å². The van der Waals surface area contributed by atoms with E-state index in [4.69, 9.17) is 0 Å². The van der Waals surface area contributed by atoms with Gasteiger partial charge >= 0.3 is 0 Å². The van der Waals surface area contributed by atoms with Crippen molar-refractivity contribution < 1.29 is 4.79 Å². The third kappa shape index (κ3) is 4.99. The second-order valence-corrected chi connectivity index (χ2v) is 8.97. The number of carbonyl (C=O) groups excluding carboxylic acids is 1. The first kappa shape index (κ1) is 20.5. The summed E-state index contributed by atoms with van der Waals surface area (Å²) in [6.07, 6.45) is 1.78. The largest absolute Gasteiger partial charge is 0.369 e. The predicted octanol–water partition coefficient (Wildman–Crippen LogP) is 3.20. The van der Waals surface area contributed by atoms with Gasteiger partial charge in [0.25, 0.3) is 5.91 Å². The van der Waals surface area contributed by atoms with E-state index in [-0.39, 0.29) is 5.91 Å². The van der Waals surface area contributed by atoms with Gasteiger partial charge in [0.1, 0.15) is 11.5 Å². The van der Waals surface area contributed by atoms with E-state index in [1.807, 2.05) is 11.6 Å². The van der Waals surface area contributed by atoms with Crippen LogP contribution in [0.25, 0.3) is 11.0 Å². The molecular formula is C18H25N7OS2. The zero-order chi connectivity index (χ0) is 20.1. The summed E-state index contributed by atoms with van der Waals surface area (Å²) in [5, 5.41) is 15.0. The Labute approximate surface area is 172 Å². The van der Waals surface area contributed by atoms with Gasteiger partial charge in [-0.25, -0.2) is 19.6 Å². The van der Waals surface area contributed by atoms with Crippen LogP contribution >= 0.6 is 23.1 Å². The van der Waals surface area contributed by atoms with Gasteiger partial charge in [0.15, 0.2) is 10.8 Å². The monoisotopic (exact) mass is 419 g/mol. The number of carbonyl (C=O) groups is 1. The van der Waals surface area contributed by atoms with E-state index in [0.717, 1.165) is 39.3 Å². The molecule has 0 unspecified atom stereocenters. The fraction of sp³-hybridized carbons (Fsp3) is 0.500. The molecule has 0 aliphatic carbocycles. The van der Waals surface area contributed by atoms with Crippen LogP contribution in [-0.4, -0.2) is 49.5 Å². The van der Waals surface area contributed by atoms with E-state index in [2.05, 4.69) is 51.5 Å². The maximum atomic E-state index is 12.2. The van der Waals surface area contributed by atoms with Gasteiger partial charge in [-0.05, 0) is 18.6 Å². The van der Waals surface area contributed by atoms with Gasteiger partial charge in [0.2, 0.25) is 0 Å². The molecule has 0 saturated heterocycles. The van der Waals surface area contributed by atoms with Crippen molar-refractivity contribution in [3.8, 4) is 0 Å². The highest BCUT2D eigenvalue weighted by atomic mass is 32.2. The fourth-order valence-corrected chi connectivity index (χ4v) is 3.72. The molecule has 0 radical (unpaired) electrons. The third-order valence-corrected chi connectivity index (χ3v) is 5.39. The van der Waals surface area contributed by atoms with Crippen LogP contribution in [0.5, 0.6) is 0 Å². The highest BCUT2D eigenvalue weighted by Crippen LogP contribution is 2.24. The lowest BCUT2D eigenvalue weighted by atomic mass is 10.2. The summed E-state index contributed by atoms with van der Waals surface area (Å²) in [6, 6.07) is 0. The van der Waals surface area contributed by atoms with E-state index in [9.17, 15) is 4.79 Å². The fourth-order valence-electron chi connectivity index (χ4n) is 2.56. The third-order valence-electron chi connectivity index (χ3n) is 3.89. The normalized spacial score (nSPS) is 11.3. The smallest absolute Gasteiger partial charge is 0.270 e.